The van der Waals surface area contributed by atoms with E-state index in [1.807, 2.05) is 18.2 Å². The third-order valence-electron chi connectivity index (χ3n) is 2.51. The molecule has 0 aliphatic rings. The molecule has 0 fully saturated rings. The van der Waals surface area contributed by atoms with Crippen LogP contribution in [0, 0.1) is 0 Å². The molecule has 0 saturated heterocycles. The molecule has 0 spiro atoms. The van der Waals surface area contributed by atoms with Crippen LogP contribution in [0.2, 0.25) is 0 Å². The summed E-state index contributed by atoms with van der Waals surface area (Å²) >= 11 is 0. The van der Waals surface area contributed by atoms with Gasteiger partial charge in [-0.15, -0.1) is 0 Å². The minimum Gasteiger partial charge on any atom is -0.0985 e. The fourth-order valence-corrected chi connectivity index (χ4v) is 1.71. The van der Waals surface area contributed by atoms with Gasteiger partial charge in [0.25, 0.3) is 0 Å². The third-order valence-corrected chi connectivity index (χ3v) is 2.51. The molecule has 15 heavy (non-hydrogen) atoms. The van der Waals surface area contributed by atoms with Crippen LogP contribution in [0.4, 0.5) is 0 Å². The number of benzene rings is 2. The van der Waals surface area contributed by atoms with Crippen molar-refractivity contribution in [1.29, 1.82) is 0 Å². The Hall–Kier alpha value is -1.82. The number of hydrogen-bond donors (Lipinski definition) is 0. The Balaban J connectivity index is 2.28. The average molecular weight is 194 g/mol. The fraction of sp³-hybridized carbons (Fsp3) is 0.0667. The first-order valence-corrected chi connectivity index (χ1v) is 5.14. The van der Waals surface area contributed by atoms with Gasteiger partial charge in [0.05, 0.1) is 0 Å². The van der Waals surface area contributed by atoms with Gasteiger partial charge in [-0.25, -0.2) is 0 Å². The zero-order valence-corrected chi connectivity index (χ0v) is 8.69. The first-order valence-electron chi connectivity index (χ1n) is 5.14. The highest BCUT2D eigenvalue weighted by Gasteiger charge is 1.98. The molecule has 0 nitrogen and oxygen atoms in total. The Bertz CT molecular complexity index is 441. The van der Waals surface area contributed by atoms with Crippen molar-refractivity contribution in [3.63, 3.8) is 0 Å². The lowest BCUT2D eigenvalue weighted by atomic mass is 10.00. The maximum absolute atomic E-state index is 3.83. The van der Waals surface area contributed by atoms with Crippen LogP contribution in [0.3, 0.4) is 0 Å². The smallest absolute Gasteiger partial charge is 0.00198 e. The summed E-state index contributed by atoms with van der Waals surface area (Å²) in [5.41, 5.74) is 3.90. The lowest BCUT2D eigenvalue weighted by Gasteiger charge is -2.05. The van der Waals surface area contributed by atoms with E-state index in [0.717, 1.165) is 6.42 Å². The van der Waals surface area contributed by atoms with Gasteiger partial charge in [0.2, 0.25) is 0 Å². The van der Waals surface area contributed by atoms with E-state index in [-0.39, 0.29) is 0 Å². The fourth-order valence-electron chi connectivity index (χ4n) is 1.71. The molecule has 0 amide bonds. The minimum absolute atomic E-state index is 0.975. The first-order chi connectivity index (χ1) is 7.40. The quantitative estimate of drug-likeness (QED) is 0.694. The summed E-state index contributed by atoms with van der Waals surface area (Å²) in [6.07, 6.45) is 2.89. The molecule has 0 atom stereocenters. The van der Waals surface area contributed by atoms with Gasteiger partial charge in [0, 0.05) is 0 Å². The van der Waals surface area contributed by atoms with Crippen molar-refractivity contribution < 1.29 is 0 Å². The van der Waals surface area contributed by atoms with Gasteiger partial charge in [0.1, 0.15) is 0 Å². The molecule has 0 saturated carbocycles. The standard InChI is InChI=1S/C15H14/c1-2-14-10-6-7-11-15(14)12-13-8-4-3-5-9-13/h2-11H,1,12H2. The van der Waals surface area contributed by atoms with Crippen molar-refractivity contribution in [2.45, 2.75) is 6.42 Å². The summed E-state index contributed by atoms with van der Waals surface area (Å²) in [5, 5.41) is 0. The second-order valence-corrected chi connectivity index (χ2v) is 3.57. The summed E-state index contributed by atoms with van der Waals surface area (Å²) in [4.78, 5) is 0. The van der Waals surface area contributed by atoms with Gasteiger partial charge in [-0.1, -0.05) is 67.3 Å². The summed E-state index contributed by atoms with van der Waals surface area (Å²) < 4.78 is 0. The van der Waals surface area contributed by atoms with Crippen LogP contribution in [-0.2, 0) is 6.42 Å². The van der Waals surface area contributed by atoms with E-state index >= 15 is 0 Å². The molecule has 0 heteroatoms. The summed E-state index contributed by atoms with van der Waals surface area (Å²) in [6, 6.07) is 18.9. The molecule has 0 unspecified atom stereocenters. The van der Waals surface area contributed by atoms with Crippen molar-refractivity contribution in [2.75, 3.05) is 0 Å². The largest absolute Gasteiger partial charge is 0.0985 e. The molecule has 0 heterocycles. The molecule has 0 bridgehead atoms. The Morgan fingerprint density at radius 1 is 0.867 bits per heavy atom. The molecule has 2 aromatic carbocycles. The topological polar surface area (TPSA) is 0 Å². The van der Waals surface area contributed by atoms with Crippen molar-refractivity contribution in [3.8, 4) is 0 Å². The molecule has 0 aliphatic carbocycles. The van der Waals surface area contributed by atoms with E-state index in [1.165, 1.54) is 16.7 Å². The van der Waals surface area contributed by atoms with Crippen LogP contribution < -0.4 is 0 Å². The average Bonchev–Trinajstić information content (AvgIpc) is 2.31. The summed E-state index contributed by atoms with van der Waals surface area (Å²) in [5.74, 6) is 0. The molecule has 2 rings (SSSR count). The number of hydrogen-bond acceptors (Lipinski definition) is 0. The van der Waals surface area contributed by atoms with E-state index < -0.39 is 0 Å². The lowest BCUT2D eigenvalue weighted by molar-refractivity contribution is 1.19. The van der Waals surface area contributed by atoms with E-state index in [4.69, 9.17) is 0 Å². The Labute approximate surface area is 90.9 Å². The summed E-state index contributed by atoms with van der Waals surface area (Å²) in [7, 11) is 0. The molecule has 0 radical (unpaired) electrons. The molecular weight excluding hydrogens is 180 g/mol. The van der Waals surface area contributed by atoms with Crippen molar-refractivity contribution in [2.24, 2.45) is 0 Å². The first kappa shape index (κ1) is 9.72. The van der Waals surface area contributed by atoms with E-state index in [0.29, 0.717) is 0 Å². The van der Waals surface area contributed by atoms with Crippen LogP contribution in [-0.4, -0.2) is 0 Å². The molecule has 74 valence electrons. The van der Waals surface area contributed by atoms with E-state index in [2.05, 4.69) is 49.0 Å². The minimum atomic E-state index is 0.975. The van der Waals surface area contributed by atoms with Crippen LogP contribution in [0.5, 0.6) is 0 Å². The van der Waals surface area contributed by atoms with Gasteiger partial charge in [0.15, 0.2) is 0 Å². The second kappa shape index (κ2) is 4.61. The highest BCUT2D eigenvalue weighted by Crippen LogP contribution is 2.14. The highest BCUT2D eigenvalue weighted by atomic mass is 14.0. The molecule has 0 aliphatic heterocycles. The van der Waals surface area contributed by atoms with Crippen molar-refractivity contribution >= 4 is 6.08 Å². The summed E-state index contributed by atoms with van der Waals surface area (Å²) in [6.45, 7) is 3.83. The predicted molar refractivity (Wildman–Crippen MR) is 65.8 cm³/mol. The monoisotopic (exact) mass is 194 g/mol. The van der Waals surface area contributed by atoms with E-state index in [9.17, 15) is 0 Å². The SMILES string of the molecule is C=Cc1ccccc1Cc1ccccc1. The molecule has 0 aromatic heterocycles. The normalized spacial score (nSPS) is 9.87. The molecular formula is C15H14. The molecule has 2 aromatic rings. The van der Waals surface area contributed by atoms with Crippen LogP contribution in [0.25, 0.3) is 6.08 Å². The van der Waals surface area contributed by atoms with E-state index in [1.54, 1.807) is 0 Å². The zero-order valence-electron chi connectivity index (χ0n) is 8.69. The van der Waals surface area contributed by atoms with Gasteiger partial charge in [-0.2, -0.15) is 0 Å². The third kappa shape index (κ3) is 2.35. The van der Waals surface area contributed by atoms with Gasteiger partial charge in [-0.05, 0) is 23.1 Å². The molecule has 0 N–H and O–H groups in total. The Morgan fingerprint density at radius 3 is 2.27 bits per heavy atom. The number of rotatable bonds is 3. The van der Waals surface area contributed by atoms with Gasteiger partial charge >= 0.3 is 0 Å². The van der Waals surface area contributed by atoms with Gasteiger partial charge in [-0.3, -0.25) is 0 Å². The van der Waals surface area contributed by atoms with Crippen molar-refractivity contribution in [1.82, 2.24) is 0 Å². The van der Waals surface area contributed by atoms with Crippen LogP contribution in [0.1, 0.15) is 16.7 Å². The zero-order chi connectivity index (χ0) is 10.5. The maximum atomic E-state index is 3.83. The highest BCUT2D eigenvalue weighted by molar-refractivity contribution is 5.52. The second-order valence-electron chi connectivity index (χ2n) is 3.57. The maximum Gasteiger partial charge on any atom is -0.00198 e. The van der Waals surface area contributed by atoms with Crippen LogP contribution in [0.15, 0.2) is 61.2 Å². The van der Waals surface area contributed by atoms with Gasteiger partial charge < -0.3 is 0 Å². The Kier molecular flexibility index (Phi) is 2.99. The Morgan fingerprint density at radius 2 is 1.53 bits per heavy atom. The van der Waals surface area contributed by atoms with Crippen molar-refractivity contribution in [3.05, 3.63) is 77.9 Å². The lowest BCUT2D eigenvalue weighted by Crippen LogP contribution is -1.90. The van der Waals surface area contributed by atoms with Crippen LogP contribution >= 0.6 is 0 Å². The predicted octanol–water partition coefficient (Wildman–Crippen LogP) is 3.92.